The van der Waals surface area contributed by atoms with Gasteiger partial charge in [-0.1, -0.05) is 24.3 Å². The third-order valence-corrected chi connectivity index (χ3v) is 6.52. The van der Waals surface area contributed by atoms with Gasteiger partial charge in [0, 0.05) is 12.3 Å². The number of halogens is 3. The number of nitrogens with one attached hydrogen (secondary N) is 1. The molecule has 0 radical (unpaired) electrons. The topological polar surface area (TPSA) is 64.6 Å². The lowest BCUT2D eigenvalue weighted by Crippen LogP contribution is -2.40. The number of rotatable bonds is 7. The first-order valence-electron chi connectivity index (χ1n) is 10.7. The van der Waals surface area contributed by atoms with Gasteiger partial charge in [-0.15, -0.1) is 0 Å². The van der Waals surface area contributed by atoms with Crippen LogP contribution in [0.1, 0.15) is 43.9 Å². The second kappa shape index (κ2) is 9.45. The van der Waals surface area contributed by atoms with Gasteiger partial charge in [-0.2, -0.15) is 13.2 Å². The summed E-state index contributed by atoms with van der Waals surface area (Å²) >= 11 is 0. The minimum absolute atomic E-state index is 0.0516. The number of anilines is 1. The van der Waals surface area contributed by atoms with Crippen molar-refractivity contribution in [1.29, 1.82) is 0 Å². The highest BCUT2D eigenvalue weighted by atomic mass is 19.4. The Hall–Kier alpha value is -3.03. The van der Waals surface area contributed by atoms with E-state index in [0.717, 1.165) is 12.1 Å². The highest BCUT2D eigenvalue weighted by Gasteiger charge is 2.51. The molecule has 0 aliphatic heterocycles. The Morgan fingerprint density at radius 3 is 2.27 bits per heavy atom. The number of hydrogen-bond donors (Lipinski definition) is 1. The van der Waals surface area contributed by atoms with Crippen molar-refractivity contribution in [2.75, 3.05) is 19.5 Å². The monoisotopic (exact) mass is 463 g/mol. The molecule has 0 spiro atoms. The summed E-state index contributed by atoms with van der Waals surface area (Å²) in [5.74, 6) is -0.976. The predicted octanol–water partition coefficient (Wildman–Crippen LogP) is 5.66. The Morgan fingerprint density at radius 1 is 1.06 bits per heavy atom. The Labute approximate surface area is 191 Å². The molecule has 1 saturated carbocycles. The maximum Gasteiger partial charge on any atom is 0.416 e. The van der Waals surface area contributed by atoms with Gasteiger partial charge in [0.05, 0.1) is 36.9 Å². The number of hydrogen-bond acceptors (Lipinski definition) is 5. The Morgan fingerprint density at radius 2 is 1.70 bits per heavy atom. The smallest absolute Gasteiger partial charge is 0.416 e. The van der Waals surface area contributed by atoms with Gasteiger partial charge in [0.1, 0.15) is 11.5 Å². The first-order valence-corrected chi connectivity index (χ1v) is 10.7. The zero-order valence-corrected chi connectivity index (χ0v) is 19.0. The lowest BCUT2D eigenvalue weighted by atomic mass is 9.69. The van der Waals surface area contributed by atoms with Gasteiger partial charge in [0.15, 0.2) is 0 Å². The van der Waals surface area contributed by atoms with E-state index in [1.165, 1.54) is 26.4 Å². The average Bonchev–Trinajstić information content (AvgIpc) is 3.18. The van der Waals surface area contributed by atoms with E-state index < -0.39 is 35.1 Å². The number of para-hydroxylation sites is 2. The molecule has 2 aromatic rings. The van der Waals surface area contributed by atoms with Gasteiger partial charge < -0.3 is 14.8 Å². The minimum atomic E-state index is -4.47. The zero-order chi connectivity index (χ0) is 24.4. The molecule has 1 N–H and O–H groups in total. The molecule has 178 valence electrons. The van der Waals surface area contributed by atoms with E-state index >= 15 is 0 Å². The fraction of sp³-hybridized carbons (Fsp3) is 0.440. The van der Waals surface area contributed by atoms with Crippen LogP contribution in [0.25, 0.3) is 0 Å². The molecule has 1 aliphatic carbocycles. The Bertz CT molecular complexity index is 1000. The first kappa shape index (κ1) is 24.6. The number of carbonyl (C=O) groups excluding carboxylic acids is 2. The van der Waals surface area contributed by atoms with Crippen molar-refractivity contribution in [2.24, 2.45) is 17.3 Å². The van der Waals surface area contributed by atoms with E-state index in [1.807, 2.05) is 0 Å². The van der Waals surface area contributed by atoms with Crippen LogP contribution in [0.5, 0.6) is 5.75 Å². The molecule has 3 atom stereocenters. The van der Waals surface area contributed by atoms with E-state index in [2.05, 4.69) is 5.32 Å². The molecule has 8 heteroatoms. The fourth-order valence-electron chi connectivity index (χ4n) is 4.70. The number of methoxy groups -OCH3 is 2. The third kappa shape index (κ3) is 4.99. The van der Waals surface area contributed by atoms with Crippen LogP contribution in [0.3, 0.4) is 0 Å². The molecule has 2 aromatic carbocycles. The standard InChI is InChI=1S/C25H28F3NO4/c1-24(2,23(31)33-4)17-13-14-19(30)21(17)22(29-18-7-5-6-8-20(18)32-3)15-9-11-16(12-10-15)25(26,27)28/h5-12,17,21-22,29H,13-14H2,1-4H3/t17-,21+,22-/m0/s1. The highest BCUT2D eigenvalue weighted by molar-refractivity contribution is 5.87. The fourth-order valence-corrected chi connectivity index (χ4v) is 4.70. The third-order valence-electron chi connectivity index (χ3n) is 6.52. The summed E-state index contributed by atoms with van der Waals surface area (Å²) in [4.78, 5) is 25.7. The molecule has 1 aliphatic rings. The summed E-state index contributed by atoms with van der Waals surface area (Å²) in [6.45, 7) is 3.48. The van der Waals surface area contributed by atoms with Crippen LogP contribution in [0.15, 0.2) is 48.5 Å². The van der Waals surface area contributed by atoms with E-state index in [4.69, 9.17) is 9.47 Å². The van der Waals surface area contributed by atoms with Crippen LogP contribution in [-0.4, -0.2) is 26.0 Å². The van der Waals surface area contributed by atoms with Crippen molar-refractivity contribution >= 4 is 17.4 Å². The molecular formula is C25H28F3NO4. The summed E-state index contributed by atoms with van der Waals surface area (Å²) in [6, 6.07) is 11.2. The molecule has 3 rings (SSSR count). The van der Waals surface area contributed by atoms with Gasteiger partial charge in [-0.25, -0.2) is 0 Å². The van der Waals surface area contributed by atoms with Crippen molar-refractivity contribution in [3.05, 3.63) is 59.7 Å². The number of ether oxygens (including phenoxy) is 2. The molecule has 5 nitrogen and oxygen atoms in total. The lowest BCUT2D eigenvalue weighted by molar-refractivity contribution is -0.155. The molecule has 0 aromatic heterocycles. The van der Waals surface area contributed by atoms with Crippen molar-refractivity contribution in [2.45, 2.75) is 38.9 Å². The summed E-state index contributed by atoms with van der Waals surface area (Å²) in [6.07, 6.45) is -3.71. The Balaban J connectivity index is 2.09. The molecule has 0 amide bonds. The summed E-state index contributed by atoms with van der Waals surface area (Å²) in [5.41, 5.74) is -0.622. The summed E-state index contributed by atoms with van der Waals surface area (Å²) in [5, 5.41) is 3.33. The van der Waals surface area contributed by atoms with Gasteiger partial charge in [0.25, 0.3) is 0 Å². The van der Waals surface area contributed by atoms with E-state index in [0.29, 0.717) is 23.4 Å². The van der Waals surface area contributed by atoms with Crippen LogP contribution < -0.4 is 10.1 Å². The minimum Gasteiger partial charge on any atom is -0.495 e. The van der Waals surface area contributed by atoms with Crippen molar-refractivity contribution in [3.8, 4) is 5.75 Å². The highest BCUT2D eigenvalue weighted by Crippen LogP contribution is 2.49. The Kier molecular flexibility index (Phi) is 7.05. The zero-order valence-electron chi connectivity index (χ0n) is 19.0. The average molecular weight is 463 g/mol. The normalized spacial score (nSPS) is 19.8. The SMILES string of the molecule is COC(=O)C(C)(C)[C@H]1CCC(=O)[C@@H]1[C@@H](Nc1ccccc1OC)c1ccc(C(F)(F)F)cc1. The molecule has 0 unspecified atom stereocenters. The maximum atomic E-state index is 13.1. The quantitative estimate of drug-likeness (QED) is 0.537. The van der Waals surface area contributed by atoms with Gasteiger partial charge in [0.2, 0.25) is 0 Å². The van der Waals surface area contributed by atoms with Gasteiger partial charge in [-0.05, 0) is 56.0 Å². The molecule has 0 heterocycles. The van der Waals surface area contributed by atoms with Crippen LogP contribution in [0, 0.1) is 17.3 Å². The summed E-state index contributed by atoms with van der Waals surface area (Å²) < 4.78 is 49.8. The summed E-state index contributed by atoms with van der Waals surface area (Å²) in [7, 11) is 2.81. The van der Waals surface area contributed by atoms with Crippen LogP contribution in [0.2, 0.25) is 0 Å². The van der Waals surface area contributed by atoms with Crippen LogP contribution >= 0.6 is 0 Å². The van der Waals surface area contributed by atoms with Crippen LogP contribution in [0.4, 0.5) is 18.9 Å². The number of esters is 1. The van der Waals surface area contributed by atoms with E-state index in [1.54, 1.807) is 38.1 Å². The second-order valence-electron chi connectivity index (χ2n) is 8.79. The number of carbonyl (C=O) groups is 2. The van der Waals surface area contributed by atoms with Crippen molar-refractivity contribution in [3.63, 3.8) is 0 Å². The number of Topliss-reactive ketones (excluding diaryl/α,β-unsaturated/α-hetero) is 1. The van der Waals surface area contributed by atoms with Gasteiger partial charge >= 0.3 is 12.1 Å². The van der Waals surface area contributed by atoms with E-state index in [9.17, 15) is 22.8 Å². The van der Waals surface area contributed by atoms with Gasteiger partial charge in [-0.3, -0.25) is 9.59 Å². The second-order valence-corrected chi connectivity index (χ2v) is 8.79. The predicted molar refractivity (Wildman–Crippen MR) is 118 cm³/mol. The van der Waals surface area contributed by atoms with Crippen LogP contribution in [-0.2, 0) is 20.5 Å². The largest absolute Gasteiger partial charge is 0.495 e. The molecule has 0 saturated heterocycles. The first-order chi connectivity index (χ1) is 15.5. The van der Waals surface area contributed by atoms with E-state index in [-0.39, 0.29) is 18.1 Å². The number of alkyl halides is 3. The number of ketones is 1. The van der Waals surface area contributed by atoms with Crippen molar-refractivity contribution < 1.29 is 32.2 Å². The molecule has 33 heavy (non-hydrogen) atoms. The lowest BCUT2D eigenvalue weighted by Gasteiger charge is -2.37. The maximum absolute atomic E-state index is 13.1. The molecular weight excluding hydrogens is 435 g/mol. The molecule has 0 bridgehead atoms. The van der Waals surface area contributed by atoms with Crippen molar-refractivity contribution in [1.82, 2.24) is 0 Å². The molecule has 1 fully saturated rings. The number of benzene rings is 2.